The van der Waals surface area contributed by atoms with Gasteiger partial charge in [-0.3, -0.25) is 0 Å². The summed E-state index contributed by atoms with van der Waals surface area (Å²) in [6.45, 7) is 3.51. The summed E-state index contributed by atoms with van der Waals surface area (Å²) < 4.78 is 0. The van der Waals surface area contributed by atoms with Crippen molar-refractivity contribution in [3.05, 3.63) is 11.3 Å². The van der Waals surface area contributed by atoms with Gasteiger partial charge in [0.05, 0.1) is 0 Å². The molecule has 5 N–H and O–H groups in total. The highest BCUT2D eigenvalue weighted by atomic mass is 16.3. The minimum Gasteiger partial charge on any atom is -0.505 e. The molecule has 4 nitrogen and oxygen atoms in total. The monoisotopic (exact) mass is 153 g/mol. The second kappa shape index (κ2) is 2.30. The van der Waals surface area contributed by atoms with Gasteiger partial charge in [0.1, 0.15) is 11.4 Å². The molecule has 0 saturated heterocycles. The fourth-order valence-electron chi connectivity index (χ4n) is 0.819. The molecule has 60 valence electrons. The Morgan fingerprint density at radius 1 is 1.27 bits per heavy atom. The molecule has 0 fully saturated rings. The van der Waals surface area contributed by atoms with Gasteiger partial charge >= 0.3 is 0 Å². The normalized spacial score (nSPS) is 10.0. The number of aryl methyl sites for hydroxylation is 1. The molecule has 1 rings (SSSR count). The summed E-state index contributed by atoms with van der Waals surface area (Å²) in [7, 11) is 0. The van der Waals surface area contributed by atoms with Crippen molar-refractivity contribution in [2.45, 2.75) is 13.8 Å². The van der Waals surface area contributed by atoms with Gasteiger partial charge in [-0.2, -0.15) is 0 Å². The van der Waals surface area contributed by atoms with E-state index in [4.69, 9.17) is 11.5 Å². The Kier molecular flexibility index (Phi) is 1.60. The third-order valence-corrected chi connectivity index (χ3v) is 1.72. The number of anilines is 2. The molecule has 4 heteroatoms. The SMILES string of the molecule is Cc1nc(N)c(N)c(O)c1C. The van der Waals surface area contributed by atoms with Crippen LogP contribution in [0, 0.1) is 13.8 Å². The maximum absolute atomic E-state index is 9.32. The molecular weight excluding hydrogens is 142 g/mol. The Hall–Kier alpha value is -1.45. The van der Waals surface area contributed by atoms with Gasteiger partial charge in [-0.25, -0.2) is 4.98 Å². The zero-order valence-corrected chi connectivity index (χ0v) is 6.55. The predicted octanol–water partition coefficient (Wildman–Crippen LogP) is 0.568. The second-order valence-corrected chi connectivity index (χ2v) is 2.47. The fraction of sp³-hybridized carbons (Fsp3) is 0.286. The van der Waals surface area contributed by atoms with E-state index in [1.54, 1.807) is 13.8 Å². The molecule has 1 heterocycles. The number of aromatic hydroxyl groups is 1. The Morgan fingerprint density at radius 3 is 2.36 bits per heavy atom. The van der Waals surface area contributed by atoms with E-state index in [0.29, 0.717) is 11.3 Å². The molecule has 1 aromatic rings. The van der Waals surface area contributed by atoms with E-state index in [1.165, 1.54) is 0 Å². The first-order chi connectivity index (χ1) is 5.04. The summed E-state index contributed by atoms with van der Waals surface area (Å²) in [5.41, 5.74) is 12.3. The van der Waals surface area contributed by atoms with E-state index in [9.17, 15) is 5.11 Å². The molecule has 0 bridgehead atoms. The summed E-state index contributed by atoms with van der Waals surface area (Å²) in [6, 6.07) is 0. The van der Waals surface area contributed by atoms with Crippen LogP contribution in [0.5, 0.6) is 5.75 Å². The Morgan fingerprint density at radius 2 is 1.82 bits per heavy atom. The average molecular weight is 153 g/mol. The van der Waals surface area contributed by atoms with Crippen molar-refractivity contribution in [1.29, 1.82) is 0 Å². The first kappa shape index (κ1) is 7.65. The molecule has 0 amide bonds. The number of pyridine rings is 1. The van der Waals surface area contributed by atoms with E-state index in [2.05, 4.69) is 4.98 Å². The second-order valence-electron chi connectivity index (χ2n) is 2.47. The summed E-state index contributed by atoms with van der Waals surface area (Å²) in [5, 5.41) is 9.32. The number of rotatable bonds is 0. The van der Waals surface area contributed by atoms with Crippen molar-refractivity contribution in [3.63, 3.8) is 0 Å². The lowest BCUT2D eigenvalue weighted by Crippen LogP contribution is -2.01. The van der Waals surface area contributed by atoms with Gasteiger partial charge in [0.25, 0.3) is 0 Å². The molecule has 11 heavy (non-hydrogen) atoms. The van der Waals surface area contributed by atoms with Crippen LogP contribution in [0.15, 0.2) is 0 Å². The van der Waals surface area contributed by atoms with Crippen molar-refractivity contribution in [2.75, 3.05) is 11.5 Å². The van der Waals surface area contributed by atoms with Gasteiger partial charge in [-0.05, 0) is 13.8 Å². The van der Waals surface area contributed by atoms with Crippen LogP contribution in [0.25, 0.3) is 0 Å². The molecule has 0 aromatic carbocycles. The molecule has 1 aromatic heterocycles. The summed E-state index contributed by atoms with van der Waals surface area (Å²) in [4.78, 5) is 3.93. The number of nitrogens with zero attached hydrogens (tertiary/aromatic N) is 1. The van der Waals surface area contributed by atoms with E-state index in [-0.39, 0.29) is 17.3 Å². The van der Waals surface area contributed by atoms with E-state index < -0.39 is 0 Å². The zero-order chi connectivity index (χ0) is 8.59. The van der Waals surface area contributed by atoms with Crippen LogP contribution in [-0.4, -0.2) is 10.1 Å². The van der Waals surface area contributed by atoms with E-state index >= 15 is 0 Å². The highest BCUT2D eigenvalue weighted by Gasteiger charge is 2.08. The molecule has 0 radical (unpaired) electrons. The number of nitrogen functional groups attached to an aromatic ring is 2. The first-order valence-corrected chi connectivity index (χ1v) is 3.25. The molecule has 0 aliphatic rings. The van der Waals surface area contributed by atoms with Crippen LogP contribution < -0.4 is 11.5 Å². The minimum absolute atomic E-state index is 0.0370. The number of nitrogens with two attached hydrogens (primary N) is 2. The van der Waals surface area contributed by atoms with Crippen LogP contribution >= 0.6 is 0 Å². The van der Waals surface area contributed by atoms with Gasteiger partial charge in [0.15, 0.2) is 5.82 Å². The summed E-state index contributed by atoms with van der Waals surface area (Å²) in [5.74, 6) is 0.223. The Balaban J connectivity index is 3.46. The molecule has 0 saturated carbocycles. The van der Waals surface area contributed by atoms with Crippen molar-refractivity contribution in [3.8, 4) is 5.75 Å². The maximum atomic E-state index is 9.32. The molecule has 0 aliphatic carbocycles. The van der Waals surface area contributed by atoms with Crippen molar-refractivity contribution >= 4 is 11.5 Å². The summed E-state index contributed by atoms with van der Waals surface area (Å²) >= 11 is 0. The van der Waals surface area contributed by atoms with Crippen LogP contribution in [0.1, 0.15) is 11.3 Å². The number of aromatic nitrogens is 1. The lowest BCUT2D eigenvalue weighted by molar-refractivity contribution is 0.472. The lowest BCUT2D eigenvalue weighted by Gasteiger charge is -2.07. The Labute approximate surface area is 64.9 Å². The van der Waals surface area contributed by atoms with Crippen LogP contribution in [0.3, 0.4) is 0 Å². The molecule has 0 unspecified atom stereocenters. The third-order valence-electron chi connectivity index (χ3n) is 1.72. The quantitative estimate of drug-likeness (QED) is 0.508. The van der Waals surface area contributed by atoms with E-state index in [0.717, 1.165) is 0 Å². The van der Waals surface area contributed by atoms with Gasteiger partial charge < -0.3 is 16.6 Å². The molecule has 0 atom stereocenters. The zero-order valence-electron chi connectivity index (χ0n) is 6.55. The van der Waals surface area contributed by atoms with Gasteiger partial charge in [0.2, 0.25) is 0 Å². The Bertz CT molecular complexity index is 270. The highest BCUT2D eigenvalue weighted by molar-refractivity contribution is 5.69. The highest BCUT2D eigenvalue weighted by Crippen LogP contribution is 2.29. The van der Waals surface area contributed by atoms with Crippen LogP contribution in [0.4, 0.5) is 11.5 Å². The molecule has 0 aliphatic heterocycles. The fourth-order valence-corrected chi connectivity index (χ4v) is 0.819. The third kappa shape index (κ3) is 1.07. The van der Waals surface area contributed by atoms with Crippen molar-refractivity contribution in [1.82, 2.24) is 4.98 Å². The first-order valence-electron chi connectivity index (χ1n) is 3.25. The van der Waals surface area contributed by atoms with Gasteiger partial charge in [0, 0.05) is 11.3 Å². The van der Waals surface area contributed by atoms with Crippen LogP contribution in [0.2, 0.25) is 0 Å². The summed E-state index contributed by atoms with van der Waals surface area (Å²) in [6.07, 6.45) is 0. The minimum atomic E-state index is 0.0370. The van der Waals surface area contributed by atoms with Crippen molar-refractivity contribution in [2.24, 2.45) is 0 Å². The standard InChI is InChI=1S/C7H11N3O/c1-3-4(2)10-7(9)5(8)6(3)11/h8H2,1-2H3,(H3,9,10,11). The number of hydrogen-bond donors (Lipinski definition) is 3. The van der Waals surface area contributed by atoms with Gasteiger partial charge in [-0.1, -0.05) is 0 Å². The van der Waals surface area contributed by atoms with Crippen molar-refractivity contribution < 1.29 is 5.11 Å². The molecular formula is C7H11N3O. The lowest BCUT2D eigenvalue weighted by atomic mass is 10.2. The average Bonchev–Trinajstić information content (AvgIpc) is 1.97. The number of hydrogen-bond acceptors (Lipinski definition) is 4. The topological polar surface area (TPSA) is 85.2 Å². The smallest absolute Gasteiger partial charge is 0.150 e. The van der Waals surface area contributed by atoms with Crippen LogP contribution in [-0.2, 0) is 0 Å². The van der Waals surface area contributed by atoms with E-state index in [1.807, 2.05) is 0 Å². The molecule has 0 spiro atoms. The van der Waals surface area contributed by atoms with Gasteiger partial charge in [-0.15, -0.1) is 0 Å². The predicted molar refractivity (Wildman–Crippen MR) is 44.2 cm³/mol. The maximum Gasteiger partial charge on any atom is 0.150 e. The largest absolute Gasteiger partial charge is 0.505 e.